The van der Waals surface area contributed by atoms with Crippen molar-refractivity contribution in [3.05, 3.63) is 0 Å². The van der Waals surface area contributed by atoms with E-state index in [9.17, 15) is 0 Å². The summed E-state index contributed by atoms with van der Waals surface area (Å²) in [5, 5.41) is 0. The molecule has 0 unspecified atom stereocenters. The molecule has 1 fully saturated rings. The molecule has 0 N–H and O–H groups in total. The molecule has 18 heavy (non-hydrogen) atoms. The average molecular weight is 253 g/mol. The Morgan fingerprint density at radius 3 is 1.89 bits per heavy atom. The summed E-state index contributed by atoms with van der Waals surface area (Å²) in [7, 11) is 0. The van der Waals surface area contributed by atoms with E-state index in [0.717, 1.165) is 0 Å². The van der Waals surface area contributed by atoms with Crippen molar-refractivity contribution in [1.82, 2.24) is 4.90 Å². The van der Waals surface area contributed by atoms with Gasteiger partial charge in [-0.1, -0.05) is 59.3 Å². The molecule has 0 amide bonds. The number of hydrogen-bond acceptors (Lipinski definition) is 1. The Bertz CT molecular complexity index is 186. The van der Waals surface area contributed by atoms with Crippen molar-refractivity contribution in [2.75, 3.05) is 19.6 Å². The Balaban J connectivity index is 1.81. The van der Waals surface area contributed by atoms with Crippen molar-refractivity contribution in [2.24, 2.45) is 5.41 Å². The number of rotatable bonds is 8. The molecule has 108 valence electrons. The first-order chi connectivity index (χ1) is 8.58. The van der Waals surface area contributed by atoms with Gasteiger partial charge < -0.3 is 4.90 Å². The lowest BCUT2D eigenvalue weighted by Gasteiger charge is -2.26. The van der Waals surface area contributed by atoms with Crippen molar-refractivity contribution in [3.8, 4) is 0 Å². The number of likely N-dealkylation sites (tertiary alicyclic amines) is 1. The van der Waals surface area contributed by atoms with Crippen LogP contribution < -0.4 is 0 Å². The highest BCUT2D eigenvalue weighted by Gasteiger charge is 2.09. The fourth-order valence-corrected chi connectivity index (χ4v) is 2.88. The van der Waals surface area contributed by atoms with E-state index in [1.165, 1.54) is 83.8 Å². The third kappa shape index (κ3) is 8.97. The van der Waals surface area contributed by atoms with Gasteiger partial charge in [0.15, 0.2) is 0 Å². The van der Waals surface area contributed by atoms with E-state index in [0.29, 0.717) is 5.41 Å². The predicted molar refractivity (Wildman–Crippen MR) is 82.1 cm³/mol. The highest BCUT2D eigenvalue weighted by atomic mass is 15.1. The summed E-state index contributed by atoms with van der Waals surface area (Å²) < 4.78 is 0. The molecule has 1 heterocycles. The van der Waals surface area contributed by atoms with E-state index in [4.69, 9.17) is 0 Å². The standard InChI is InChI=1S/C17H35N/c1-17(2,3)13-9-6-4-5-7-10-14-18-15-11-8-12-16-18/h4-16H2,1-3H3. The summed E-state index contributed by atoms with van der Waals surface area (Å²) in [5.74, 6) is 0. The first-order valence-electron chi connectivity index (χ1n) is 8.30. The van der Waals surface area contributed by atoms with Gasteiger partial charge in [0.25, 0.3) is 0 Å². The lowest BCUT2D eigenvalue weighted by Crippen LogP contribution is -2.30. The SMILES string of the molecule is CC(C)(C)CCCCCCCCN1CCCCC1. The molecule has 0 atom stereocenters. The van der Waals surface area contributed by atoms with Crippen LogP contribution in [0, 0.1) is 5.41 Å². The molecular formula is C17H35N. The summed E-state index contributed by atoms with van der Waals surface area (Å²) in [6.45, 7) is 11.2. The van der Waals surface area contributed by atoms with Gasteiger partial charge >= 0.3 is 0 Å². The van der Waals surface area contributed by atoms with Crippen LogP contribution in [0.1, 0.15) is 85.0 Å². The normalized spacial score (nSPS) is 18.2. The van der Waals surface area contributed by atoms with Crippen LogP contribution >= 0.6 is 0 Å². The third-order valence-electron chi connectivity index (χ3n) is 4.10. The van der Waals surface area contributed by atoms with Crippen molar-refractivity contribution in [1.29, 1.82) is 0 Å². The zero-order valence-electron chi connectivity index (χ0n) is 13.1. The Morgan fingerprint density at radius 2 is 1.28 bits per heavy atom. The first kappa shape index (κ1) is 16.0. The van der Waals surface area contributed by atoms with Gasteiger partial charge in [0.2, 0.25) is 0 Å². The fourth-order valence-electron chi connectivity index (χ4n) is 2.88. The second-order valence-electron chi connectivity index (χ2n) is 7.33. The topological polar surface area (TPSA) is 3.24 Å². The van der Waals surface area contributed by atoms with Gasteiger partial charge in [0, 0.05) is 0 Å². The number of nitrogens with zero attached hydrogens (tertiary/aromatic N) is 1. The zero-order valence-corrected chi connectivity index (χ0v) is 13.1. The van der Waals surface area contributed by atoms with E-state index in [2.05, 4.69) is 25.7 Å². The van der Waals surface area contributed by atoms with E-state index in [1.54, 1.807) is 0 Å². The highest BCUT2D eigenvalue weighted by Crippen LogP contribution is 2.22. The maximum atomic E-state index is 2.67. The Labute approximate surface area is 115 Å². The lowest BCUT2D eigenvalue weighted by molar-refractivity contribution is 0.224. The molecule has 0 bridgehead atoms. The smallest absolute Gasteiger partial charge is 0.00187 e. The number of piperidine rings is 1. The average Bonchev–Trinajstić information content (AvgIpc) is 2.32. The summed E-state index contributed by atoms with van der Waals surface area (Å²) in [4.78, 5) is 2.67. The Morgan fingerprint density at radius 1 is 0.722 bits per heavy atom. The van der Waals surface area contributed by atoms with E-state index < -0.39 is 0 Å². The van der Waals surface area contributed by atoms with Crippen LogP contribution in [0.3, 0.4) is 0 Å². The molecule has 1 aliphatic heterocycles. The summed E-state index contributed by atoms with van der Waals surface area (Å²) in [6, 6.07) is 0. The van der Waals surface area contributed by atoms with Gasteiger partial charge in [-0.3, -0.25) is 0 Å². The predicted octanol–water partition coefficient (Wildman–Crippen LogP) is 5.25. The minimum atomic E-state index is 0.536. The monoisotopic (exact) mass is 253 g/mol. The largest absolute Gasteiger partial charge is 0.303 e. The molecule has 1 saturated heterocycles. The van der Waals surface area contributed by atoms with Crippen LogP contribution in [0.4, 0.5) is 0 Å². The van der Waals surface area contributed by atoms with Gasteiger partial charge in [-0.05, 0) is 50.7 Å². The maximum absolute atomic E-state index is 2.67. The van der Waals surface area contributed by atoms with Crippen molar-refractivity contribution in [3.63, 3.8) is 0 Å². The number of hydrogen-bond donors (Lipinski definition) is 0. The summed E-state index contributed by atoms with van der Waals surface area (Å²) >= 11 is 0. The van der Waals surface area contributed by atoms with Crippen LogP contribution in [0.5, 0.6) is 0 Å². The van der Waals surface area contributed by atoms with Gasteiger partial charge in [-0.15, -0.1) is 0 Å². The zero-order chi connectivity index (χ0) is 13.3. The van der Waals surface area contributed by atoms with Crippen molar-refractivity contribution >= 4 is 0 Å². The minimum absolute atomic E-state index is 0.536. The Hall–Kier alpha value is -0.0400. The molecule has 0 aromatic heterocycles. The van der Waals surface area contributed by atoms with Crippen LogP contribution in [-0.4, -0.2) is 24.5 Å². The fraction of sp³-hybridized carbons (Fsp3) is 1.00. The van der Waals surface area contributed by atoms with Crippen molar-refractivity contribution in [2.45, 2.75) is 85.0 Å². The van der Waals surface area contributed by atoms with Gasteiger partial charge in [0.05, 0.1) is 0 Å². The molecule has 0 aliphatic carbocycles. The second kappa shape index (κ2) is 8.96. The minimum Gasteiger partial charge on any atom is -0.303 e. The summed E-state index contributed by atoms with van der Waals surface area (Å²) in [6.07, 6.45) is 14.4. The van der Waals surface area contributed by atoms with E-state index in [1.807, 2.05) is 0 Å². The quantitative estimate of drug-likeness (QED) is 0.534. The third-order valence-corrected chi connectivity index (χ3v) is 4.10. The first-order valence-corrected chi connectivity index (χ1v) is 8.30. The lowest BCUT2D eigenvalue weighted by atomic mass is 9.89. The molecular weight excluding hydrogens is 218 g/mol. The summed E-state index contributed by atoms with van der Waals surface area (Å²) in [5.41, 5.74) is 0.536. The van der Waals surface area contributed by atoms with Crippen LogP contribution in [0.2, 0.25) is 0 Å². The maximum Gasteiger partial charge on any atom is -0.00187 e. The van der Waals surface area contributed by atoms with Crippen LogP contribution in [-0.2, 0) is 0 Å². The van der Waals surface area contributed by atoms with E-state index in [-0.39, 0.29) is 0 Å². The van der Waals surface area contributed by atoms with Crippen LogP contribution in [0.25, 0.3) is 0 Å². The molecule has 0 radical (unpaired) electrons. The molecule has 1 nitrogen and oxygen atoms in total. The molecule has 0 aromatic carbocycles. The second-order valence-corrected chi connectivity index (χ2v) is 7.33. The van der Waals surface area contributed by atoms with E-state index >= 15 is 0 Å². The molecule has 0 spiro atoms. The molecule has 0 saturated carbocycles. The molecule has 1 aliphatic rings. The van der Waals surface area contributed by atoms with Crippen LogP contribution in [0.15, 0.2) is 0 Å². The molecule has 1 rings (SSSR count). The van der Waals surface area contributed by atoms with Gasteiger partial charge in [-0.25, -0.2) is 0 Å². The Kier molecular flexibility index (Phi) is 7.97. The van der Waals surface area contributed by atoms with Crippen molar-refractivity contribution < 1.29 is 0 Å². The van der Waals surface area contributed by atoms with Gasteiger partial charge in [0.1, 0.15) is 0 Å². The molecule has 1 heteroatoms. The molecule has 0 aromatic rings. The highest BCUT2D eigenvalue weighted by molar-refractivity contribution is 4.64. The number of unbranched alkanes of at least 4 members (excludes halogenated alkanes) is 5. The van der Waals surface area contributed by atoms with Gasteiger partial charge in [-0.2, -0.15) is 0 Å².